The number of nitrogens with one attached hydrogen (secondary N) is 1. The number of carbonyl (C=O) groups is 1. The maximum Gasteiger partial charge on any atom is 0.254 e. The van der Waals surface area contributed by atoms with E-state index in [-0.39, 0.29) is 12.3 Å². The first-order chi connectivity index (χ1) is 11.4. The lowest BCUT2D eigenvalue weighted by molar-refractivity contribution is -0.115. The van der Waals surface area contributed by atoms with Gasteiger partial charge in [-0.15, -0.1) is 0 Å². The smallest absolute Gasteiger partial charge is 0.254 e. The van der Waals surface area contributed by atoms with E-state index in [0.29, 0.717) is 17.4 Å². The lowest BCUT2D eigenvalue weighted by Crippen LogP contribution is -2.28. The van der Waals surface area contributed by atoms with Gasteiger partial charge in [0.05, 0.1) is 18.3 Å². The van der Waals surface area contributed by atoms with Crippen LogP contribution in [0.2, 0.25) is 0 Å². The molecule has 0 unspecified atom stereocenters. The SMILES string of the molecule is CC(C)(c1nc(CC(=O)Nc2ccccc2)no1)n1cc(N)cn1. The third kappa shape index (κ3) is 3.27. The van der Waals surface area contributed by atoms with E-state index < -0.39 is 5.54 Å². The highest BCUT2D eigenvalue weighted by Gasteiger charge is 2.31. The van der Waals surface area contributed by atoms with Crippen molar-refractivity contribution in [2.24, 2.45) is 0 Å². The molecule has 0 aliphatic heterocycles. The van der Waals surface area contributed by atoms with Gasteiger partial charge >= 0.3 is 0 Å². The first kappa shape index (κ1) is 15.7. The van der Waals surface area contributed by atoms with Gasteiger partial charge in [-0.3, -0.25) is 9.48 Å². The Kier molecular flexibility index (Phi) is 4.03. The van der Waals surface area contributed by atoms with Crippen LogP contribution in [0.1, 0.15) is 25.6 Å². The summed E-state index contributed by atoms with van der Waals surface area (Å²) < 4.78 is 6.94. The molecule has 3 aromatic rings. The Morgan fingerprint density at radius 2 is 2.08 bits per heavy atom. The lowest BCUT2D eigenvalue weighted by atomic mass is 10.1. The van der Waals surface area contributed by atoms with E-state index in [1.807, 2.05) is 44.2 Å². The highest BCUT2D eigenvalue weighted by atomic mass is 16.5. The van der Waals surface area contributed by atoms with Gasteiger partial charge in [0.1, 0.15) is 5.54 Å². The van der Waals surface area contributed by atoms with Crippen LogP contribution in [0.5, 0.6) is 0 Å². The van der Waals surface area contributed by atoms with Gasteiger partial charge in [0.2, 0.25) is 5.91 Å². The molecule has 3 rings (SSSR count). The van der Waals surface area contributed by atoms with Crippen LogP contribution in [0.4, 0.5) is 11.4 Å². The number of aromatic nitrogens is 4. The van der Waals surface area contributed by atoms with Crippen molar-refractivity contribution in [3.63, 3.8) is 0 Å². The Morgan fingerprint density at radius 1 is 1.33 bits per heavy atom. The molecule has 0 saturated heterocycles. The molecule has 1 amide bonds. The number of nitrogens with zero attached hydrogens (tertiary/aromatic N) is 4. The van der Waals surface area contributed by atoms with Gasteiger partial charge in [-0.2, -0.15) is 10.1 Å². The molecule has 0 saturated carbocycles. The number of hydrogen-bond acceptors (Lipinski definition) is 6. The van der Waals surface area contributed by atoms with E-state index in [1.54, 1.807) is 17.1 Å². The van der Waals surface area contributed by atoms with E-state index in [9.17, 15) is 4.79 Å². The van der Waals surface area contributed by atoms with E-state index in [1.165, 1.54) is 0 Å². The van der Waals surface area contributed by atoms with Crippen molar-refractivity contribution >= 4 is 17.3 Å². The number of rotatable bonds is 5. The minimum atomic E-state index is -0.668. The van der Waals surface area contributed by atoms with Crippen molar-refractivity contribution in [3.05, 3.63) is 54.4 Å². The minimum Gasteiger partial charge on any atom is -0.396 e. The maximum atomic E-state index is 12.0. The molecule has 2 heterocycles. The number of nitrogens with two attached hydrogens (primary N) is 1. The highest BCUT2D eigenvalue weighted by Crippen LogP contribution is 2.24. The molecule has 0 atom stereocenters. The Morgan fingerprint density at radius 3 is 2.75 bits per heavy atom. The molecule has 0 spiro atoms. The maximum absolute atomic E-state index is 12.0. The average molecular weight is 326 g/mol. The summed E-state index contributed by atoms with van der Waals surface area (Å²) in [5.74, 6) is 0.453. The van der Waals surface area contributed by atoms with Crippen LogP contribution >= 0.6 is 0 Å². The fourth-order valence-electron chi connectivity index (χ4n) is 2.18. The average Bonchev–Trinajstić information content (AvgIpc) is 3.18. The number of para-hydroxylation sites is 1. The zero-order valence-electron chi connectivity index (χ0n) is 13.4. The van der Waals surface area contributed by atoms with Gasteiger partial charge in [-0.05, 0) is 26.0 Å². The second-order valence-electron chi connectivity index (χ2n) is 5.88. The number of hydrogen-bond donors (Lipinski definition) is 2. The summed E-state index contributed by atoms with van der Waals surface area (Å²) in [6, 6.07) is 9.20. The van der Waals surface area contributed by atoms with Gasteiger partial charge < -0.3 is 15.6 Å². The van der Waals surface area contributed by atoms with E-state index >= 15 is 0 Å². The van der Waals surface area contributed by atoms with Crippen LogP contribution in [-0.2, 0) is 16.8 Å². The summed E-state index contributed by atoms with van der Waals surface area (Å²) in [5.41, 5.74) is 6.29. The van der Waals surface area contributed by atoms with Crippen LogP contribution in [0.3, 0.4) is 0 Å². The quantitative estimate of drug-likeness (QED) is 0.739. The summed E-state index contributed by atoms with van der Waals surface area (Å²) in [6.07, 6.45) is 3.26. The Bertz CT molecular complexity index is 837. The van der Waals surface area contributed by atoms with Crippen molar-refractivity contribution in [3.8, 4) is 0 Å². The minimum absolute atomic E-state index is 0.0235. The van der Waals surface area contributed by atoms with E-state index in [0.717, 1.165) is 5.69 Å². The Balaban J connectivity index is 1.70. The molecule has 0 radical (unpaired) electrons. The lowest BCUT2D eigenvalue weighted by Gasteiger charge is -2.20. The van der Waals surface area contributed by atoms with Crippen molar-refractivity contribution < 1.29 is 9.32 Å². The van der Waals surface area contributed by atoms with Crippen molar-refractivity contribution in [2.45, 2.75) is 25.8 Å². The van der Waals surface area contributed by atoms with Gasteiger partial charge in [0, 0.05) is 11.9 Å². The van der Waals surface area contributed by atoms with Crippen molar-refractivity contribution in [1.82, 2.24) is 19.9 Å². The van der Waals surface area contributed by atoms with Gasteiger partial charge in [-0.25, -0.2) is 0 Å². The predicted octanol–water partition coefficient (Wildman–Crippen LogP) is 1.81. The van der Waals surface area contributed by atoms with Gasteiger partial charge in [0.25, 0.3) is 5.89 Å². The van der Waals surface area contributed by atoms with Crippen molar-refractivity contribution in [2.75, 3.05) is 11.1 Å². The third-order valence-corrected chi connectivity index (χ3v) is 3.54. The summed E-state index contributed by atoms with van der Waals surface area (Å²) >= 11 is 0. The zero-order valence-corrected chi connectivity index (χ0v) is 13.4. The number of benzene rings is 1. The zero-order chi connectivity index (χ0) is 17.2. The first-order valence-corrected chi connectivity index (χ1v) is 7.44. The number of carbonyl (C=O) groups excluding carboxylic acids is 1. The number of anilines is 2. The molecule has 8 nitrogen and oxygen atoms in total. The number of nitrogen functional groups attached to an aromatic ring is 1. The van der Waals surface area contributed by atoms with Crippen LogP contribution in [0, 0.1) is 0 Å². The summed E-state index contributed by atoms with van der Waals surface area (Å²) in [7, 11) is 0. The van der Waals surface area contributed by atoms with Crippen LogP contribution in [0.15, 0.2) is 47.2 Å². The summed E-state index contributed by atoms with van der Waals surface area (Å²) in [5, 5.41) is 10.8. The fourth-order valence-corrected chi connectivity index (χ4v) is 2.18. The predicted molar refractivity (Wildman–Crippen MR) is 88.1 cm³/mol. The molecule has 124 valence electrons. The first-order valence-electron chi connectivity index (χ1n) is 7.44. The molecule has 1 aromatic carbocycles. The third-order valence-electron chi connectivity index (χ3n) is 3.54. The van der Waals surface area contributed by atoms with E-state index in [4.69, 9.17) is 10.3 Å². The van der Waals surface area contributed by atoms with Crippen LogP contribution < -0.4 is 11.1 Å². The molecular weight excluding hydrogens is 308 g/mol. The van der Waals surface area contributed by atoms with Crippen molar-refractivity contribution in [1.29, 1.82) is 0 Å². The standard InChI is InChI=1S/C16H18N6O2/c1-16(2,22-10-11(17)9-18-22)15-20-13(21-24-15)8-14(23)19-12-6-4-3-5-7-12/h3-7,9-10H,8,17H2,1-2H3,(H,19,23). The van der Waals surface area contributed by atoms with Crippen LogP contribution in [0.25, 0.3) is 0 Å². The molecule has 0 bridgehead atoms. The summed E-state index contributed by atoms with van der Waals surface area (Å²) in [6.45, 7) is 3.75. The molecule has 0 fully saturated rings. The highest BCUT2D eigenvalue weighted by molar-refractivity contribution is 5.91. The molecule has 0 aliphatic rings. The molecule has 24 heavy (non-hydrogen) atoms. The number of amides is 1. The second-order valence-corrected chi connectivity index (χ2v) is 5.88. The van der Waals surface area contributed by atoms with E-state index in [2.05, 4.69) is 20.6 Å². The largest absolute Gasteiger partial charge is 0.396 e. The topological polar surface area (TPSA) is 112 Å². The summed E-state index contributed by atoms with van der Waals surface area (Å²) in [4.78, 5) is 16.4. The monoisotopic (exact) mass is 326 g/mol. The van der Waals surface area contributed by atoms with Crippen LogP contribution in [-0.4, -0.2) is 25.8 Å². The molecule has 8 heteroatoms. The molecule has 2 aromatic heterocycles. The Hall–Kier alpha value is -3.16. The van der Waals surface area contributed by atoms with Gasteiger partial charge in [-0.1, -0.05) is 23.4 Å². The molecular formula is C16H18N6O2. The molecule has 3 N–H and O–H groups in total. The second kappa shape index (κ2) is 6.15. The fraction of sp³-hybridized carbons (Fsp3) is 0.250. The Labute approximate surface area is 138 Å². The normalized spacial score (nSPS) is 11.4. The van der Waals surface area contributed by atoms with Gasteiger partial charge in [0.15, 0.2) is 5.82 Å². The molecule has 0 aliphatic carbocycles.